The second-order valence-electron chi connectivity index (χ2n) is 9.51. The van der Waals surface area contributed by atoms with Gasteiger partial charge in [0.2, 0.25) is 11.8 Å². The number of aromatic nitrogens is 4. The number of benzene rings is 1. The first-order valence-electron chi connectivity index (χ1n) is 12.8. The minimum atomic E-state index is -0.605. The summed E-state index contributed by atoms with van der Waals surface area (Å²) in [5, 5.41) is 7.25. The highest BCUT2D eigenvalue weighted by Crippen LogP contribution is 2.32. The number of nitrogens with one attached hydrogen (secondary N) is 2. The molecule has 2 N–H and O–H groups in total. The van der Waals surface area contributed by atoms with Crippen molar-refractivity contribution in [2.24, 2.45) is 5.92 Å². The van der Waals surface area contributed by atoms with Gasteiger partial charge in [0.05, 0.1) is 35.5 Å². The molecule has 39 heavy (non-hydrogen) atoms. The number of aryl methyl sites for hydroxylation is 1. The van der Waals surface area contributed by atoms with E-state index in [0.29, 0.717) is 32.8 Å². The molecule has 3 aromatic heterocycles. The molecule has 2 amide bonds. The number of fused-ring (bicyclic) bond motifs is 1. The summed E-state index contributed by atoms with van der Waals surface area (Å²) in [4.78, 5) is 41.3. The van der Waals surface area contributed by atoms with Crippen LogP contribution in [0.5, 0.6) is 0 Å². The summed E-state index contributed by atoms with van der Waals surface area (Å²) < 4.78 is 7.59. The molecule has 0 aliphatic carbocycles. The van der Waals surface area contributed by atoms with E-state index in [1.165, 1.54) is 6.08 Å². The van der Waals surface area contributed by atoms with Crippen LogP contribution >= 0.6 is 11.3 Å². The van der Waals surface area contributed by atoms with Crippen LogP contribution in [-0.2, 0) is 20.9 Å². The lowest BCUT2D eigenvalue weighted by Crippen LogP contribution is -2.53. The topological polar surface area (TPSA) is 114 Å². The Bertz CT molecular complexity index is 1480. The fourth-order valence-electron chi connectivity index (χ4n) is 4.76. The summed E-state index contributed by atoms with van der Waals surface area (Å²) in [5.74, 6) is -0.594. The molecule has 0 bridgehead atoms. The molecule has 4 heterocycles. The average Bonchev–Trinajstić information content (AvgIpc) is 3.52. The van der Waals surface area contributed by atoms with Crippen molar-refractivity contribution in [1.82, 2.24) is 29.7 Å². The number of hydrogen-bond acceptors (Lipinski definition) is 8. The van der Waals surface area contributed by atoms with Crippen molar-refractivity contribution in [3.05, 3.63) is 67.4 Å². The van der Waals surface area contributed by atoms with Crippen LogP contribution in [0, 0.1) is 12.8 Å². The van der Waals surface area contributed by atoms with Gasteiger partial charge in [0.1, 0.15) is 6.04 Å². The van der Waals surface area contributed by atoms with E-state index in [2.05, 4.69) is 38.2 Å². The van der Waals surface area contributed by atoms with Gasteiger partial charge >= 0.3 is 0 Å². The van der Waals surface area contributed by atoms with Crippen LogP contribution in [0.4, 0.5) is 10.8 Å². The molecule has 2 atom stereocenters. The average molecular weight is 546 g/mol. The number of carbonyl (C=O) groups is 2. The van der Waals surface area contributed by atoms with Gasteiger partial charge in [0.25, 0.3) is 0 Å². The maximum atomic E-state index is 13.2. The van der Waals surface area contributed by atoms with Gasteiger partial charge in [-0.2, -0.15) is 0 Å². The third kappa shape index (κ3) is 5.84. The standard InChI is InChI=1S/C28H31N7O3S/c1-4-25(36)35-11-12-38-16-19(3)26(35)27(37)30-9-10-34-17-32-22-13-18(2)21(14-23(22)34)33-28-31-15-24(39-28)20-5-7-29-8-6-20/h4-8,13-15,17,19,26H,1,9-12,16H2,2-3H3,(H,30,37)(H,31,33)/t19-,26-/m0/s1. The maximum absolute atomic E-state index is 13.2. The summed E-state index contributed by atoms with van der Waals surface area (Å²) in [6.45, 7) is 9.63. The predicted molar refractivity (Wildman–Crippen MR) is 152 cm³/mol. The van der Waals surface area contributed by atoms with E-state index < -0.39 is 6.04 Å². The Morgan fingerprint density at radius 3 is 2.87 bits per heavy atom. The second-order valence-corrected chi connectivity index (χ2v) is 10.5. The van der Waals surface area contributed by atoms with E-state index in [1.54, 1.807) is 35.0 Å². The van der Waals surface area contributed by atoms with Crippen LogP contribution in [0.3, 0.4) is 0 Å². The van der Waals surface area contributed by atoms with E-state index in [1.807, 2.05) is 42.8 Å². The molecular formula is C28H31N7O3S. The highest BCUT2D eigenvalue weighted by molar-refractivity contribution is 7.18. The van der Waals surface area contributed by atoms with E-state index in [-0.39, 0.29) is 17.7 Å². The van der Waals surface area contributed by atoms with Crippen molar-refractivity contribution in [1.29, 1.82) is 0 Å². The number of ether oxygens (including phenoxy) is 1. The van der Waals surface area contributed by atoms with E-state index >= 15 is 0 Å². The minimum absolute atomic E-state index is 0.132. The van der Waals surface area contributed by atoms with Gasteiger partial charge in [0.15, 0.2) is 5.13 Å². The van der Waals surface area contributed by atoms with Gasteiger partial charge in [-0.1, -0.05) is 24.8 Å². The van der Waals surface area contributed by atoms with Gasteiger partial charge in [0, 0.05) is 49.8 Å². The Hall–Kier alpha value is -4.09. The highest BCUT2D eigenvalue weighted by Gasteiger charge is 2.35. The normalized spacial score (nSPS) is 17.5. The van der Waals surface area contributed by atoms with Gasteiger partial charge in [-0.3, -0.25) is 14.6 Å². The molecule has 202 valence electrons. The fraction of sp³-hybridized carbons (Fsp3) is 0.321. The molecule has 1 aliphatic heterocycles. The summed E-state index contributed by atoms with van der Waals surface area (Å²) in [6.07, 6.45) is 8.42. The third-order valence-corrected chi connectivity index (χ3v) is 7.75. The number of amides is 2. The Morgan fingerprint density at radius 1 is 1.26 bits per heavy atom. The predicted octanol–water partition coefficient (Wildman–Crippen LogP) is 3.77. The largest absolute Gasteiger partial charge is 0.379 e. The molecular weight excluding hydrogens is 514 g/mol. The molecule has 1 fully saturated rings. The Labute approximate surface area is 230 Å². The van der Waals surface area contributed by atoms with Crippen molar-refractivity contribution in [2.45, 2.75) is 26.4 Å². The minimum Gasteiger partial charge on any atom is -0.379 e. The smallest absolute Gasteiger partial charge is 0.246 e. The van der Waals surface area contributed by atoms with Gasteiger partial charge in [-0.05, 0) is 48.4 Å². The van der Waals surface area contributed by atoms with Crippen molar-refractivity contribution in [2.75, 3.05) is 31.6 Å². The number of imidazole rings is 1. The van der Waals surface area contributed by atoms with Crippen molar-refractivity contribution in [3.63, 3.8) is 0 Å². The number of pyridine rings is 1. The quantitative estimate of drug-likeness (QED) is 0.324. The Kier molecular flexibility index (Phi) is 7.99. The molecule has 0 spiro atoms. The first-order chi connectivity index (χ1) is 18.9. The molecule has 1 saturated heterocycles. The van der Waals surface area contributed by atoms with Crippen LogP contribution in [-0.4, -0.2) is 68.6 Å². The Balaban J connectivity index is 1.27. The molecule has 10 nitrogen and oxygen atoms in total. The highest BCUT2D eigenvalue weighted by atomic mass is 32.1. The lowest BCUT2D eigenvalue weighted by molar-refractivity contribution is -0.138. The number of anilines is 2. The Morgan fingerprint density at radius 2 is 2.08 bits per heavy atom. The number of carbonyl (C=O) groups excluding carboxylic acids is 2. The van der Waals surface area contributed by atoms with Gasteiger partial charge in [-0.25, -0.2) is 9.97 Å². The zero-order valence-electron chi connectivity index (χ0n) is 22.0. The SMILES string of the molecule is C=CC(=O)N1CCOC[C@H](C)[C@H]1C(=O)NCCn1cnc2cc(C)c(Nc3ncc(-c4ccncc4)s3)cc21. The van der Waals surface area contributed by atoms with Gasteiger partial charge < -0.3 is 24.8 Å². The zero-order chi connectivity index (χ0) is 27.4. The molecule has 4 aromatic rings. The van der Waals surface area contributed by atoms with Crippen molar-refractivity contribution in [3.8, 4) is 10.4 Å². The van der Waals surface area contributed by atoms with Crippen molar-refractivity contribution >= 4 is 45.0 Å². The van der Waals surface area contributed by atoms with Crippen LogP contribution in [0.15, 0.2) is 61.8 Å². The summed E-state index contributed by atoms with van der Waals surface area (Å²) in [7, 11) is 0. The molecule has 0 radical (unpaired) electrons. The van der Waals surface area contributed by atoms with E-state index in [0.717, 1.165) is 37.9 Å². The third-order valence-electron chi connectivity index (χ3n) is 6.79. The van der Waals surface area contributed by atoms with Gasteiger partial charge in [-0.15, -0.1) is 0 Å². The molecule has 1 aromatic carbocycles. The van der Waals surface area contributed by atoms with Crippen molar-refractivity contribution < 1.29 is 14.3 Å². The first-order valence-corrected chi connectivity index (χ1v) is 13.6. The molecule has 1 aliphatic rings. The molecule has 0 unspecified atom stereocenters. The maximum Gasteiger partial charge on any atom is 0.246 e. The lowest BCUT2D eigenvalue weighted by Gasteiger charge is -2.31. The first kappa shape index (κ1) is 26.5. The monoisotopic (exact) mass is 545 g/mol. The van der Waals surface area contributed by atoms with E-state index in [9.17, 15) is 9.59 Å². The van der Waals surface area contributed by atoms with E-state index in [4.69, 9.17) is 4.74 Å². The lowest BCUT2D eigenvalue weighted by atomic mass is 10.0. The molecule has 0 saturated carbocycles. The number of rotatable bonds is 8. The summed E-state index contributed by atoms with van der Waals surface area (Å²) in [5.41, 5.74) is 4.89. The van der Waals surface area contributed by atoms with Crippen LogP contribution in [0.2, 0.25) is 0 Å². The number of hydrogen-bond donors (Lipinski definition) is 2. The summed E-state index contributed by atoms with van der Waals surface area (Å²) >= 11 is 1.57. The number of thiazole rings is 1. The van der Waals surface area contributed by atoms with Crippen LogP contribution in [0.1, 0.15) is 12.5 Å². The number of nitrogens with zero attached hydrogens (tertiary/aromatic N) is 5. The summed E-state index contributed by atoms with van der Waals surface area (Å²) in [6, 6.07) is 7.42. The molecule has 5 rings (SSSR count). The van der Waals surface area contributed by atoms with Crippen LogP contribution < -0.4 is 10.6 Å². The van der Waals surface area contributed by atoms with Crippen LogP contribution in [0.25, 0.3) is 21.5 Å². The fourth-order valence-corrected chi connectivity index (χ4v) is 5.59. The zero-order valence-corrected chi connectivity index (χ0v) is 22.8. The second kappa shape index (κ2) is 11.7. The molecule has 11 heteroatoms.